The van der Waals surface area contributed by atoms with E-state index < -0.39 is 26.5 Å². The first-order chi connectivity index (χ1) is 44.5. The van der Waals surface area contributed by atoms with E-state index in [1.807, 2.05) is 21.1 Å². The van der Waals surface area contributed by atoms with E-state index >= 15 is 0 Å². The average Bonchev–Trinajstić information content (AvgIpc) is 3.69. The number of hydrogen-bond donors (Lipinski definition) is 1. The van der Waals surface area contributed by atoms with Gasteiger partial charge in [0.05, 0.1) is 27.7 Å². The van der Waals surface area contributed by atoms with E-state index in [4.69, 9.17) is 18.5 Å². The molecule has 2 unspecified atom stereocenters. The van der Waals surface area contributed by atoms with Gasteiger partial charge >= 0.3 is 19.8 Å². The molecule has 9 nitrogen and oxygen atoms in total. The molecule has 0 spiro atoms. The first kappa shape index (κ1) is 89.5. The highest BCUT2D eigenvalue weighted by Gasteiger charge is 2.27. The zero-order valence-electron chi connectivity index (χ0n) is 61.9. The van der Waals surface area contributed by atoms with Gasteiger partial charge in [-0.1, -0.05) is 398 Å². The lowest BCUT2D eigenvalue weighted by Crippen LogP contribution is -2.37. The van der Waals surface area contributed by atoms with Crippen LogP contribution in [0.3, 0.4) is 0 Å². The Morgan fingerprint density at radius 2 is 0.593 bits per heavy atom. The maximum atomic E-state index is 12.9. The zero-order valence-corrected chi connectivity index (χ0v) is 62.8. The van der Waals surface area contributed by atoms with E-state index in [9.17, 15) is 19.0 Å². The van der Waals surface area contributed by atoms with Gasteiger partial charge in [0.15, 0.2) is 6.10 Å². The molecular formula is C81H159NO8P+. The summed E-state index contributed by atoms with van der Waals surface area (Å²) in [4.78, 5) is 36.0. The highest BCUT2D eigenvalue weighted by molar-refractivity contribution is 7.47. The topological polar surface area (TPSA) is 108 Å². The summed E-state index contributed by atoms with van der Waals surface area (Å²) < 4.78 is 34.8. The lowest BCUT2D eigenvalue weighted by Gasteiger charge is -2.24. The fraction of sp³-hybridized carbons (Fsp3) is 0.926. The third-order valence-corrected chi connectivity index (χ3v) is 19.7. The number of quaternary nitrogens is 1. The van der Waals surface area contributed by atoms with Crippen LogP contribution >= 0.6 is 7.82 Å². The minimum atomic E-state index is -4.39. The quantitative estimate of drug-likeness (QED) is 0.0211. The van der Waals surface area contributed by atoms with Gasteiger partial charge in [-0.3, -0.25) is 18.6 Å². The van der Waals surface area contributed by atoms with Crippen molar-refractivity contribution in [1.29, 1.82) is 0 Å². The molecule has 540 valence electrons. The highest BCUT2D eigenvalue weighted by Crippen LogP contribution is 2.43. The Bertz CT molecular complexity index is 1580. The number of allylic oxidation sites excluding steroid dienone is 4. The van der Waals surface area contributed by atoms with Crippen molar-refractivity contribution in [2.24, 2.45) is 0 Å². The van der Waals surface area contributed by atoms with Crippen LogP contribution in [0.1, 0.15) is 431 Å². The molecule has 0 heterocycles. The lowest BCUT2D eigenvalue weighted by atomic mass is 10.0. The summed E-state index contributed by atoms with van der Waals surface area (Å²) in [7, 11) is 1.51. The van der Waals surface area contributed by atoms with Crippen LogP contribution in [0.2, 0.25) is 0 Å². The molecular weight excluding hydrogens is 1150 g/mol. The lowest BCUT2D eigenvalue weighted by molar-refractivity contribution is -0.870. The van der Waals surface area contributed by atoms with Gasteiger partial charge in [0, 0.05) is 12.8 Å². The number of phosphoric acid groups is 1. The van der Waals surface area contributed by atoms with Gasteiger partial charge in [-0.2, -0.15) is 0 Å². The van der Waals surface area contributed by atoms with Gasteiger partial charge in [-0.15, -0.1) is 0 Å². The minimum absolute atomic E-state index is 0.0365. The molecule has 0 radical (unpaired) electrons. The molecule has 0 aromatic heterocycles. The molecule has 0 fully saturated rings. The zero-order chi connectivity index (χ0) is 66.2. The highest BCUT2D eigenvalue weighted by atomic mass is 31.2. The number of likely N-dealkylation sites (N-methyl/N-ethyl adjacent to an activating group) is 1. The Hall–Kier alpha value is -1.51. The summed E-state index contributed by atoms with van der Waals surface area (Å²) in [5.41, 5.74) is 0. The van der Waals surface area contributed by atoms with Crippen molar-refractivity contribution < 1.29 is 42.1 Å². The summed E-state index contributed by atoms with van der Waals surface area (Å²) in [6.07, 6.45) is 93.4. The monoisotopic (exact) mass is 1310 g/mol. The molecule has 0 amide bonds. The van der Waals surface area contributed by atoms with Crippen molar-refractivity contribution in [1.82, 2.24) is 0 Å². The average molecular weight is 1310 g/mol. The summed E-state index contributed by atoms with van der Waals surface area (Å²) in [6, 6.07) is 0. The molecule has 10 heteroatoms. The predicted octanol–water partition coefficient (Wildman–Crippen LogP) is 26.8. The van der Waals surface area contributed by atoms with Crippen LogP contribution in [0, 0.1) is 0 Å². The van der Waals surface area contributed by atoms with Crippen LogP contribution in [-0.4, -0.2) is 74.9 Å². The van der Waals surface area contributed by atoms with Crippen LogP contribution < -0.4 is 0 Å². The van der Waals surface area contributed by atoms with Gasteiger partial charge in [0.2, 0.25) is 0 Å². The minimum Gasteiger partial charge on any atom is -0.462 e. The van der Waals surface area contributed by atoms with E-state index in [1.54, 1.807) is 0 Å². The smallest absolute Gasteiger partial charge is 0.462 e. The van der Waals surface area contributed by atoms with Crippen LogP contribution in [0.4, 0.5) is 0 Å². The third-order valence-electron chi connectivity index (χ3n) is 18.7. The molecule has 0 saturated heterocycles. The molecule has 1 N–H and O–H groups in total. The molecule has 0 saturated carbocycles. The van der Waals surface area contributed by atoms with E-state index in [0.717, 1.165) is 44.9 Å². The number of esters is 2. The summed E-state index contributed by atoms with van der Waals surface area (Å²) in [6.45, 7) is 4.52. The van der Waals surface area contributed by atoms with E-state index in [1.165, 1.54) is 360 Å². The van der Waals surface area contributed by atoms with Gasteiger partial charge in [0.25, 0.3) is 0 Å². The SMILES string of the molecule is CCCCCCC/C=C\C/C=C\CCCCCCCCCCCCCCCCCCCCCCCCCCCC(=O)OC(COC(=O)CCCCCCCCCCCCCCCCCCCCCCCCCCCCCCCC)COP(=O)(O)OCC[N+](C)(C)C. The number of nitrogens with zero attached hydrogens (tertiary/aromatic N) is 1. The van der Waals surface area contributed by atoms with Gasteiger partial charge in [0.1, 0.15) is 19.8 Å². The molecule has 0 aliphatic rings. The predicted molar refractivity (Wildman–Crippen MR) is 395 cm³/mol. The number of unbranched alkanes of at least 4 members (excludes halogenated alkanes) is 59. The number of hydrogen-bond acceptors (Lipinski definition) is 7. The van der Waals surface area contributed by atoms with E-state index in [-0.39, 0.29) is 25.6 Å². The van der Waals surface area contributed by atoms with E-state index in [0.29, 0.717) is 17.4 Å². The van der Waals surface area contributed by atoms with Crippen molar-refractivity contribution in [3.05, 3.63) is 24.3 Å². The summed E-state index contributed by atoms with van der Waals surface area (Å²) in [5.74, 6) is -0.767. The number of carbonyl (C=O) groups excluding carboxylic acids is 2. The number of phosphoric ester groups is 1. The first-order valence-electron chi connectivity index (χ1n) is 40.6. The van der Waals surface area contributed by atoms with Crippen LogP contribution in [-0.2, 0) is 32.7 Å². The van der Waals surface area contributed by atoms with Crippen LogP contribution in [0.25, 0.3) is 0 Å². The second kappa shape index (κ2) is 72.8. The standard InChI is InChI=1S/C81H158NO8P/c1-6-8-10-12-14-16-18-20-22-24-26-28-30-32-34-36-38-39-40-41-42-43-44-46-48-50-52-54-56-58-60-62-64-66-68-70-72-74-81(84)90-79(78-89-91(85,86)88-76-75-82(3,4)5)77-87-80(83)73-71-69-67-65-63-61-59-57-55-53-51-49-47-45-37-35-33-31-29-27-25-23-21-19-17-15-13-11-9-7-2/h18,20,24,26,79H,6-17,19,21-23,25,27-78H2,1-5H3/p+1/b20-18-,26-24-. The summed E-state index contributed by atoms with van der Waals surface area (Å²) in [5, 5.41) is 0. The molecule has 2 atom stereocenters. The molecule has 0 aliphatic heterocycles. The van der Waals surface area contributed by atoms with Gasteiger partial charge in [-0.25, -0.2) is 4.57 Å². The van der Waals surface area contributed by atoms with Gasteiger partial charge in [-0.05, 0) is 44.9 Å². The van der Waals surface area contributed by atoms with E-state index in [2.05, 4.69) is 38.2 Å². The van der Waals surface area contributed by atoms with Gasteiger partial charge < -0.3 is 18.9 Å². The molecule has 91 heavy (non-hydrogen) atoms. The maximum absolute atomic E-state index is 12.9. The molecule has 0 aliphatic carbocycles. The Morgan fingerprint density at radius 3 is 0.868 bits per heavy atom. The Labute approximate surface area is 568 Å². The second-order valence-corrected chi connectivity index (χ2v) is 30.6. The Morgan fingerprint density at radius 1 is 0.341 bits per heavy atom. The summed E-state index contributed by atoms with van der Waals surface area (Å²) >= 11 is 0. The molecule has 0 aromatic rings. The van der Waals surface area contributed by atoms with Crippen molar-refractivity contribution in [3.63, 3.8) is 0 Å². The van der Waals surface area contributed by atoms with Crippen molar-refractivity contribution >= 4 is 19.8 Å². The Balaban J connectivity index is 3.89. The normalized spacial score (nSPS) is 13.1. The van der Waals surface area contributed by atoms with Crippen LogP contribution in [0.5, 0.6) is 0 Å². The molecule has 0 rings (SSSR count). The fourth-order valence-corrected chi connectivity index (χ4v) is 13.3. The van der Waals surface area contributed by atoms with Crippen molar-refractivity contribution in [2.75, 3.05) is 47.5 Å². The fourth-order valence-electron chi connectivity index (χ4n) is 12.5. The van der Waals surface area contributed by atoms with Crippen molar-refractivity contribution in [2.45, 2.75) is 437 Å². The maximum Gasteiger partial charge on any atom is 0.472 e. The largest absolute Gasteiger partial charge is 0.472 e. The molecule has 0 aromatic carbocycles. The number of carbonyl (C=O) groups is 2. The van der Waals surface area contributed by atoms with Crippen molar-refractivity contribution in [3.8, 4) is 0 Å². The number of rotatable bonds is 77. The Kier molecular flexibility index (Phi) is 71.5. The first-order valence-corrected chi connectivity index (χ1v) is 42.1. The molecule has 0 bridgehead atoms. The van der Waals surface area contributed by atoms with Crippen LogP contribution in [0.15, 0.2) is 24.3 Å². The third kappa shape index (κ3) is 77.4. The second-order valence-electron chi connectivity index (χ2n) is 29.2. The number of ether oxygens (including phenoxy) is 2.